The molecule has 0 spiro atoms. The SMILES string of the molecule is Cc1ncc(C(=O)Nc2cc(C(C)(C)C)on2)cc1-n1cc(-c2cncc(N3CCNCC3)c2)nn1. The number of hydrogen-bond acceptors (Lipinski definition) is 9. The minimum Gasteiger partial charge on any atom is -0.368 e. The van der Waals surface area contributed by atoms with Gasteiger partial charge in [0.25, 0.3) is 5.91 Å². The van der Waals surface area contributed by atoms with Crippen molar-refractivity contribution in [1.82, 2.24) is 35.4 Å². The Morgan fingerprint density at radius 1 is 1.11 bits per heavy atom. The number of aromatic nitrogens is 6. The minimum atomic E-state index is -0.342. The molecule has 11 heteroatoms. The zero-order valence-electron chi connectivity index (χ0n) is 20.8. The molecular weight excluding hydrogens is 458 g/mol. The first kappa shape index (κ1) is 23.6. The molecule has 0 bridgehead atoms. The predicted octanol–water partition coefficient (Wildman–Crippen LogP) is 2.98. The second-order valence-electron chi connectivity index (χ2n) is 9.83. The fraction of sp³-hybridized carbons (Fsp3) is 0.360. The smallest absolute Gasteiger partial charge is 0.258 e. The first-order chi connectivity index (χ1) is 17.3. The van der Waals surface area contributed by atoms with Crippen LogP contribution < -0.4 is 15.5 Å². The molecule has 0 aromatic carbocycles. The fourth-order valence-electron chi connectivity index (χ4n) is 3.93. The lowest BCUT2D eigenvalue weighted by Crippen LogP contribution is -2.43. The predicted molar refractivity (Wildman–Crippen MR) is 135 cm³/mol. The molecular formula is C25H29N9O2. The first-order valence-electron chi connectivity index (χ1n) is 11.9. The molecule has 2 N–H and O–H groups in total. The van der Waals surface area contributed by atoms with Crippen LogP contribution >= 0.6 is 0 Å². The van der Waals surface area contributed by atoms with E-state index in [-0.39, 0.29) is 11.3 Å². The quantitative estimate of drug-likeness (QED) is 0.437. The van der Waals surface area contributed by atoms with Gasteiger partial charge in [-0.05, 0) is 19.1 Å². The molecule has 0 saturated carbocycles. The zero-order valence-corrected chi connectivity index (χ0v) is 20.8. The molecule has 0 unspecified atom stereocenters. The molecule has 11 nitrogen and oxygen atoms in total. The van der Waals surface area contributed by atoms with Crippen LogP contribution in [0.3, 0.4) is 0 Å². The summed E-state index contributed by atoms with van der Waals surface area (Å²) in [7, 11) is 0. The van der Waals surface area contributed by atoms with E-state index in [0.29, 0.717) is 34.2 Å². The molecule has 1 saturated heterocycles. The Labute approximate surface area is 208 Å². The Kier molecular flexibility index (Phi) is 6.23. The van der Waals surface area contributed by atoms with Gasteiger partial charge in [-0.1, -0.05) is 31.1 Å². The van der Waals surface area contributed by atoms with E-state index in [2.05, 4.69) is 47.0 Å². The highest BCUT2D eigenvalue weighted by molar-refractivity contribution is 6.03. The van der Waals surface area contributed by atoms with Crippen molar-refractivity contribution in [3.8, 4) is 16.9 Å². The standard InChI is InChI=1S/C25H29N9O2/c1-16-21(10-18(13-28-16)24(35)29-23-11-22(36-31-23)25(2,3)4)34-15-20(30-32-34)17-9-19(14-27-12-17)33-7-5-26-6-8-33/h9-15,26H,5-8H2,1-4H3,(H,29,31,35). The summed E-state index contributed by atoms with van der Waals surface area (Å²) < 4.78 is 6.98. The van der Waals surface area contributed by atoms with Gasteiger partial charge in [0.05, 0.1) is 35.0 Å². The van der Waals surface area contributed by atoms with E-state index in [9.17, 15) is 4.79 Å². The minimum absolute atomic E-state index is 0.209. The number of amides is 1. The number of aryl methyl sites for hydroxylation is 1. The fourth-order valence-corrected chi connectivity index (χ4v) is 3.93. The van der Waals surface area contributed by atoms with E-state index in [1.165, 1.54) is 6.20 Å². The van der Waals surface area contributed by atoms with Crippen molar-refractivity contribution >= 4 is 17.4 Å². The van der Waals surface area contributed by atoms with Gasteiger partial charge in [0.15, 0.2) is 5.82 Å². The number of carbonyl (C=O) groups excluding carboxylic acids is 1. The van der Waals surface area contributed by atoms with E-state index in [1.54, 1.807) is 23.0 Å². The van der Waals surface area contributed by atoms with Crippen LogP contribution in [0.5, 0.6) is 0 Å². The molecule has 4 aromatic heterocycles. The van der Waals surface area contributed by atoms with Crippen molar-refractivity contribution in [3.63, 3.8) is 0 Å². The third kappa shape index (κ3) is 4.96. The number of pyridine rings is 2. The monoisotopic (exact) mass is 487 g/mol. The molecule has 5 heterocycles. The molecule has 0 aliphatic carbocycles. The normalized spacial score (nSPS) is 14.2. The van der Waals surface area contributed by atoms with Gasteiger partial charge in [-0.3, -0.25) is 14.8 Å². The summed E-state index contributed by atoms with van der Waals surface area (Å²) in [4.78, 5) is 24.0. The summed E-state index contributed by atoms with van der Waals surface area (Å²) in [6.45, 7) is 11.7. The molecule has 1 fully saturated rings. The van der Waals surface area contributed by atoms with Crippen LogP contribution in [0.4, 0.5) is 11.5 Å². The van der Waals surface area contributed by atoms with Gasteiger partial charge < -0.3 is 20.1 Å². The lowest BCUT2D eigenvalue weighted by Gasteiger charge is -2.29. The maximum Gasteiger partial charge on any atom is 0.258 e. The molecule has 4 aromatic rings. The van der Waals surface area contributed by atoms with E-state index in [0.717, 1.165) is 37.4 Å². The number of hydrogen-bond donors (Lipinski definition) is 2. The number of anilines is 2. The molecule has 1 aliphatic rings. The molecule has 1 aliphatic heterocycles. The molecule has 5 rings (SSSR count). The van der Waals surface area contributed by atoms with Crippen LogP contribution in [0.2, 0.25) is 0 Å². The Morgan fingerprint density at radius 2 is 1.92 bits per heavy atom. The number of rotatable bonds is 5. The summed E-state index contributed by atoms with van der Waals surface area (Å²) >= 11 is 0. The van der Waals surface area contributed by atoms with Crippen LogP contribution in [-0.2, 0) is 5.41 Å². The lowest BCUT2D eigenvalue weighted by molar-refractivity contribution is 0.102. The highest BCUT2D eigenvalue weighted by Crippen LogP contribution is 2.26. The number of nitrogens with one attached hydrogen (secondary N) is 2. The van der Waals surface area contributed by atoms with Gasteiger partial charge in [-0.25, -0.2) is 4.68 Å². The highest BCUT2D eigenvalue weighted by atomic mass is 16.5. The van der Waals surface area contributed by atoms with Gasteiger partial charge in [-0.15, -0.1) is 5.10 Å². The van der Waals surface area contributed by atoms with Crippen LogP contribution in [0.25, 0.3) is 16.9 Å². The topological polar surface area (TPSA) is 127 Å². The second-order valence-corrected chi connectivity index (χ2v) is 9.83. The van der Waals surface area contributed by atoms with Crippen molar-refractivity contribution in [1.29, 1.82) is 0 Å². The third-order valence-corrected chi connectivity index (χ3v) is 6.06. The van der Waals surface area contributed by atoms with Gasteiger partial charge in [0, 0.05) is 55.6 Å². The van der Waals surface area contributed by atoms with Crippen LogP contribution in [0.15, 0.2) is 47.5 Å². The Morgan fingerprint density at radius 3 is 2.67 bits per heavy atom. The Hall–Kier alpha value is -4.12. The summed E-state index contributed by atoms with van der Waals surface area (Å²) in [5.41, 5.74) is 4.15. The number of piperazine rings is 1. The average Bonchev–Trinajstić information content (AvgIpc) is 3.55. The molecule has 0 atom stereocenters. The maximum absolute atomic E-state index is 12.9. The summed E-state index contributed by atoms with van der Waals surface area (Å²) in [6, 6.07) is 5.54. The summed E-state index contributed by atoms with van der Waals surface area (Å²) in [6.07, 6.45) is 6.99. The van der Waals surface area contributed by atoms with Gasteiger partial charge in [0.1, 0.15) is 11.5 Å². The van der Waals surface area contributed by atoms with Gasteiger partial charge in [0.2, 0.25) is 0 Å². The third-order valence-electron chi connectivity index (χ3n) is 6.06. The Bertz CT molecular complexity index is 1380. The Balaban J connectivity index is 1.36. The zero-order chi connectivity index (χ0) is 25.3. The largest absolute Gasteiger partial charge is 0.368 e. The van der Waals surface area contributed by atoms with E-state index in [1.807, 2.05) is 40.1 Å². The lowest BCUT2D eigenvalue weighted by atomic mass is 9.93. The molecule has 186 valence electrons. The van der Waals surface area contributed by atoms with E-state index >= 15 is 0 Å². The molecule has 1 amide bonds. The van der Waals surface area contributed by atoms with Crippen LogP contribution in [0.1, 0.15) is 42.6 Å². The van der Waals surface area contributed by atoms with Gasteiger partial charge >= 0.3 is 0 Å². The van der Waals surface area contributed by atoms with Crippen LogP contribution in [0, 0.1) is 6.92 Å². The van der Waals surface area contributed by atoms with Crippen molar-refractivity contribution in [2.24, 2.45) is 0 Å². The maximum atomic E-state index is 12.9. The molecule has 36 heavy (non-hydrogen) atoms. The van der Waals surface area contributed by atoms with Crippen LogP contribution in [-0.4, -0.2) is 62.2 Å². The highest BCUT2D eigenvalue weighted by Gasteiger charge is 2.21. The number of nitrogens with zero attached hydrogens (tertiary/aromatic N) is 7. The summed E-state index contributed by atoms with van der Waals surface area (Å²) in [5, 5.41) is 18.7. The second kappa shape index (κ2) is 9.50. The average molecular weight is 488 g/mol. The van der Waals surface area contributed by atoms with E-state index < -0.39 is 0 Å². The summed E-state index contributed by atoms with van der Waals surface area (Å²) in [5.74, 6) is 0.698. The van der Waals surface area contributed by atoms with Crippen molar-refractivity contribution in [2.45, 2.75) is 33.1 Å². The molecule has 0 radical (unpaired) electrons. The number of carbonyl (C=O) groups is 1. The van der Waals surface area contributed by atoms with E-state index in [4.69, 9.17) is 4.52 Å². The van der Waals surface area contributed by atoms with Crippen molar-refractivity contribution in [2.75, 3.05) is 36.4 Å². The first-order valence-corrected chi connectivity index (χ1v) is 11.9. The van der Waals surface area contributed by atoms with Crippen molar-refractivity contribution < 1.29 is 9.32 Å². The van der Waals surface area contributed by atoms with Crippen molar-refractivity contribution in [3.05, 3.63) is 60.0 Å². The van der Waals surface area contributed by atoms with Gasteiger partial charge in [-0.2, -0.15) is 0 Å².